The Labute approximate surface area is 149 Å². The number of aromatic nitrogens is 3. The lowest BCUT2D eigenvalue weighted by molar-refractivity contribution is 0.124. The number of aliphatic hydroxyl groups excluding tert-OH is 1. The van der Waals surface area contributed by atoms with Gasteiger partial charge < -0.3 is 15.3 Å². The minimum Gasteiger partial charge on any atom is -0.390 e. The topological polar surface area (TPSA) is 74.2 Å². The second-order valence-corrected chi connectivity index (χ2v) is 6.71. The number of rotatable bonds is 6. The highest BCUT2D eigenvalue weighted by molar-refractivity contribution is 5.56. The van der Waals surface area contributed by atoms with Gasteiger partial charge >= 0.3 is 0 Å². The second kappa shape index (κ2) is 8.87. The van der Waals surface area contributed by atoms with Gasteiger partial charge in [0, 0.05) is 42.8 Å². The molecule has 0 saturated carbocycles. The van der Waals surface area contributed by atoms with Crippen molar-refractivity contribution in [2.24, 2.45) is 0 Å². The predicted molar refractivity (Wildman–Crippen MR) is 99.4 cm³/mol. The lowest BCUT2D eigenvalue weighted by Crippen LogP contribution is -2.36. The van der Waals surface area contributed by atoms with Gasteiger partial charge in [-0.2, -0.15) is 0 Å². The van der Waals surface area contributed by atoms with E-state index in [-0.39, 0.29) is 0 Å². The Morgan fingerprint density at radius 1 is 1.20 bits per heavy atom. The number of aliphatic hydroxyl groups is 1. The summed E-state index contributed by atoms with van der Waals surface area (Å²) in [6.45, 7) is 5.33. The van der Waals surface area contributed by atoms with E-state index in [1.165, 1.54) is 25.7 Å². The number of hydrogen-bond acceptors (Lipinski definition) is 6. The molecule has 1 aliphatic rings. The number of nitrogens with zero attached hydrogens (tertiary/aromatic N) is 4. The average molecular weight is 341 g/mol. The van der Waals surface area contributed by atoms with E-state index in [1.54, 1.807) is 12.4 Å². The van der Waals surface area contributed by atoms with Gasteiger partial charge in [-0.25, -0.2) is 9.97 Å². The molecule has 2 aromatic heterocycles. The molecule has 3 heterocycles. The van der Waals surface area contributed by atoms with Crippen LogP contribution in [0.2, 0.25) is 0 Å². The number of aryl methyl sites for hydroxylation is 1. The molecule has 1 atom stereocenters. The van der Waals surface area contributed by atoms with E-state index in [9.17, 15) is 5.11 Å². The molecule has 0 aliphatic carbocycles. The summed E-state index contributed by atoms with van der Waals surface area (Å²) in [5.41, 5.74) is 1.78. The zero-order valence-corrected chi connectivity index (χ0v) is 14.9. The van der Waals surface area contributed by atoms with Gasteiger partial charge in [-0.3, -0.25) is 4.98 Å². The summed E-state index contributed by atoms with van der Waals surface area (Å²) in [5.74, 6) is 1.39. The molecular formula is C19H27N5O. The number of hydrogen-bond donors (Lipinski definition) is 2. The fourth-order valence-corrected chi connectivity index (χ4v) is 3.19. The predicted octanol–water partition coefficient (Wildman–Crippen LogP) is 2.50. The summed E-state index contributed by atoms with van der Waals surface area (Å²) in [6, 6.07) is 5.72. The standard InChI is InChI=1S/C19H27N5O/c1-15-11-18(23-19(22-15)16-7-6-8-20-12-16)21-13-17(25)14-24-9-4-2-3-5-10-24/h6-8,11-12,17,25H,2-5,9-10,13-14H2,1H3,(H,21,22,23). The molecule has 2 N–H and O–H groups in total. The van der Waals surface area contributed by atoms with Crippen LogP contribution in [0.15, 0.2) is 30.6 Å². The molecule has 1 fully saturated rings. The number of pyridine rings is 1. The lowest BCUT2D eigenvalue weighted by Gasteiger charge is -2.23. The van der Waals surface area contributed by atoms with E-state index in [1.807, 2.05) is 25.1 Å². The Hall–Kier alpha value is -2.05. The molecule has 0 spiro atoms. The van der Waals surface area contributed by atoms with Gasteiger partial charge in [-0.1, -0.05) is 12.8 Å². The largest absolute Gasteiger partial charge is 0.390 e. The van der Waals surface area contributed by atoms with Crippen molar-refractivity contribution in [2.45, 2.75) is 38.7 Å². The molecule has 1 saturated heterocycles. The minimum absolute atomic E-state index is 0.407. The molecule has 1 aliphatic heterocycles. The molecule has 0 aromatic carbocycles. The lowest BCUT2D eigenvalue weighted by atomic mass is 10.2. The van der Waals surface area contributed by atoms with Crippen molar-refractivity contribution in [1.29, 1.82) is 0 Å². The van der Waals surface area contributed by atoms with Crippen LogP contribution in [0.25, 0.3) is 11.4 Å². The number of β-amino-alcohol motifs (C(OH)–C–C–N with tert-alkyl or cyclic N) is 1. The van der Waals surface area contributed by atoms with E-state index >= 15 is 0 Å². The molecule has 3 rings (SSSR count). The van der Waals surface area contributed by atoms with Crippen molar-refractivity contribution in [2.75, 3.05) is 31.5 Å². The number of nitrogens with one attached hydrogen (secondary N) is 1. The molecule has 6 nitrogen and oxygen atoms in total. The molecule has 0 radical (unpaired) electrons. The zero-order valence-electron chi connectivity index (χ0n) is 14.9. The van der Waals surface area contributed by atoms with E-state index in [2.05, 4.69) is 25.2 Å². The zero-order chi connectivity index (χ0) is 17.5. The van der Waals surface area contributed by atoms with Crippen molar-refractivity contribution < 1.29 is 5.11 Å². The maximum Gasteiger partial charge on any atom is 0.163 e. The van der Waals surface area contributed by atoms with Gasteiger partial charge in [-0.15, -0.1) is 0 Å². The number of likely N-dealkylation sites (tertiary alicyclic amines) is 1. The summed E-state index contributed by atoms with van der Waals surface area (Å²) in [6.07, 6.45) is 8.17. The SMILES string of the molecule is Cc1cc(NCC(O)CN2CCCCCC2)nc(-c2cccnc2)n1. The Balaban J connectivity index is 1.58. The maximum atomic E-state index is 10.4. The van der Waals surface area contributed by atoms with Gasteiger partial charge in [0.15, 0.2) is 5.82 Å². The molecular weight excluding hydrogens is 314 g/mol. The summed E-state index contributed by atoms with van der Waals surface area (Å²) < 4.78 is 0. The molecule has 1 unspecified atom stereocenters. The first-order valence-electron chi connectivity index (χ1n) is 9.11. The highest BCUT2D eigenvalue weighted by Crippen LogP contribution is 2.17. The van der Waals surface area contributed by atoms with Gasteiger partial charge in [0.2, 0.25) is 0 Å². The van der Waals surface area contributed by atoms with E-state index in [0.717, 1.165) is 30.2 Å². The molecule has 134 valence electrons. The van der Waals surface area contributed by atoms with Gasteiger partial charge in [-0.05, 0) is 45.0 Å². The van der Waals surface area contributed by atoms with Crippen molar-refractivity contribution in [3.05, 3.63) is 36.3 Å². The van der Waals surface area contributed by atoms with Crippen molar-refractivity contribution in [3.63, 3.8) is 0 Å². The first kappa shape index (κ1) is 17.8. The maximum absolute atomic E-state index is 10.4. The third kappa shape index (κ3) is 5.47. The Kier molecular flexibility index (Phi) is 6.30. The van der Waals surface area contributed by atoms with E-state index < -0.39 is 6.10 Å². The van der Waals surface area contributed by atoms with Crippen LogP contribution in [-0.2, 0) is 0 Å². The van der Waals surface area contributed by atoms with Crippen LogP contribution < -0.4 is 5.32 Å². The van der Waals surface area contributed by atoms with Crippen LogP contribution in [0.4, 0.5) is 5.82 Å². The quantitative estimate of drug-likeness (QED) is 0.841. The first-order valence-corrected chi connectivity index (χ1v) is 9.11. The molecule has 6 heteroatoms. The highest BCUT2D eigenvalue weighted by Gasteiger charge is 2.14. The van der Waals surface area contributed by atoms with Crippen LogP contribution >= 0.6 is 0 Å². The Bertz CT molecular complexity index is 656. The van der Waals surface area contributed by atoms with Crippen molar-refractivity contribution >= 4 is 5.82 Å². The van der Waals surface area contributed by atoms with Crippen LogP contribution in [0.3, 0.4) is 0 Å². The monoisotopic (exact) mass is 341 g/mol. The first-order chi connectivity index (χ1) is 12.2. The Morgan fingerprint density at radius 2 is 2.00 bits per heavy atom. The highest BCUT2D eigenvalue weighted by atomic mass is 16.3. The molecule has 0 bridgehead atoms. The smallest absolute Gasteiger partial charge is 0.163 e. The summed E-state index contributed by atoms with van der Waals surface area (Å²) >= 11 is 0. The second-order valence-electron chi connectivity index (χ2n) is 6.71. The van der Waals surface area contributed by atoms with Crippen LogP contribution in [0, 0.1) is 6.92 Å². The third-order valence-corrected chi connectivity index (χ3v) is 4.46. The van der Waals surface area contributed by atoms with Crippen molar-refractivity contribution in [3.8, 4) is 11.4 Å². The van der Waals surface area contributed by atoms with Crippen molar-refractivity contribution in [1.82, 2.24) is 19.9 Å². The van der Waals surface area contributed by atoms with Gasteiger partial charge in [0.05, 0.1) is 6.10 Å². The van der Waals surface area contributed by atoms with Crippen LogP contribution in [0.1, 0.15) is 31.4 Å². The fraction of sp³-hybridized carbons (Fsp3) is 0.526. The fourth-order valence-electron chi connectivity index (χ4n) is 3.19. The van der Waals surface area contributed by atoms with Gasteiger partial charge in [0.25, 0.3) is 0 Å². The average Bonchev–Trinajstić information content (AvgIpc) is 2.89. The summed E-state index contributed by atoms with van der Waals surface area (Å²) in [5, 5.41) is 13.6. The van der Waals surface area contributed by atoms with Gasteiger partial charge in [0.1, 0.15) is 5.82 Å². The molecule has 25 heavy (non-hydrogen) atoms. The van der Waals surface area contributed by atoms with E-state index in [0.29, 0.717) is 18.9 Å². The summed E-state index contributed by atoms with van der Waals surface area (Å²) in [7, 11) is 0. The third-order valence-electron chi connectivity index (χ3n) is 4.46. The van der Waals surface area contributed by atoms with Crippen LogP contribution in [0.5, 0.6) is 0 Å². The molecule has 0 amide bonds. The number of anilines is 1. The molecule has 2 aromatic rings. The van der Waals surface area contributed by atoms with Crippen LogP contribution in [-0.4, -0.2) is 57.2 Å². The summed E-state index contributed by atoms with van der Waals surface area (Å²) in [4.78, 5) is 15.5. The van der Waals surface area contributed by atoms with E-state index in [4.69, 9.17) is 0 Å². The minimum atomic E-state index is -0.407. The Morgan fingerprint density at radius 3 is 2.72 bits per heavy atom. The normalized spacial score (nSPS) is 17.0.